The van der Waals surface area contributed by atoms with E-state index in [2.05, 4.69) is 141 Å². The minimum Gasteiger partial charge on any atom is -0.455 e. The van der Waals surface area contributed by atoms with E-state index < -0.39 is 18.3 Å². The van der Waals surface area contributed by atoms with Crippen molar-refractivity contribution < 1.29 is 13.7 Å². The lowest BCUT2D eigenvalue weighted by Gasteiger charge is -2.32. The Morgan fingerprint density at radius 2 is 1.29 bits per heavy atom. The quantitative estimate of drug-likeness (QED) is 0.213. The first-order valence-electron chi connectivity index (χ1n) is 14.2. The normalized spacial score (nSPS) is 16.4. The first-order chi connectivity index (χ1) is 19.8. The van der Waals surface area contributed by atoms with Crippen LogP contribution < -0.4 is 5.46 Å². The van der Waals surface area contributed by atoms with Gasteiger partial charge in [-0.2, -0.15) is 0 Å². The molecule has 1 aliphatic rings. The predicted molar refractivity (Wildman–Crippen MR) is 169 cm³/mol. The van der Waals surface area contributed by atoms with Crippen molar-refractivity contribution in [2.45, 2.75) is 38.9 Å². The summed E-state index contributed by atoms with van der Waals surface area (Å²) in [6.45, 7) is 8.31. The Balaban J connectivity index is 1.28. The monoisotopic (exact) mass is 535 g/mol. The summed E-state index contributed by atoms with van der Waals surface area (Å²) in [4.78, 5) is 0. The lowest BCUT2D eigenvalue weighted by atomic mass is 9.79. The Bertz CT molecular complexity index is 2100. The molecule has 0 atom stereocenters. The molecule has 200 valence electrons. The van der Waals surface area contributed by atoms with Gasteiger partial charge >= 0.3 is 7.12 Å². The van der Waals surface area contributed by atoms with E-state index in [0.29, 0.717) is 0 Å². The van der Waals surface area contributed by atoms with Crippen molar-refractivity contribution in [1.29, 1.82) is 0 Å². The van der Waals surface area contributed by atoms with Crippen LogP contribution in [0, 0.1) is 0 Å². The molecule has 0 N–H and O–H groups in total. The van der Waals surface area contributed by atoms with Crippen molar-refractivity contribution >= 4 is 56.3 Å². The van der Waals surface area contributed by atoms with Crippen LogP contribution in [0.3, 0.4) is 0 Å². The van der Waals surface area contributed by atoms with E-state index in [0.717, 1.165) is 44.2 Å². The molecule has 5 aromatic carbocycles. The Morgan fingerprint density at radius 1 is 0.585 bits per heavy atom. The van der Waals surface area contributed by atoms with Gasteiger partial charge in [-0.25, -0.2) is 0 Å². The van der Waals surface area contributed by atoms with E-state index in [1.165, 1.54) is 21.8 Å². The van der Waals surface area contributed by atoms with Gasteiger partial charge in [0.15, 0.2) is 0 Å². The Kier molecular flexibility index (Phi) is 5.13. The fourth-order valence-corrected chi connectivity index (χ4v) is 6.16. The van der Waals surface area contributed by atoms with Crippen LogP contribution in [-0.4, -0.2) is 22.9 Å². The summed E-state index contributed by atoms with van der Waals surface area (Å²) in [6, 6.07) is 38.6. The van der Waals surface area contributed by atoms with Crippen molar-refractivity contribution in [3.8, 4) is 16.8 Å². The molecule has 1 fully saturated rings. The number of nitrogens with zero attached hydrogens (tertiary/aromatic N) is 1. The lowest BCUT2D eigenvalue weighted by Crippen LogP contribution is -2.41. The lowest BCUT2D eigenvalue weighted by molar-refractivity contribution is 0.00578. The maximum atomic E-state index is 6.60. The van der Waals surface area contributed by atoms with Crippen LogP contribution in [-0.2, 0) is 9.31 Å². The number of para-hydroxylation sites is 3. The molecule has 5 heteroatoms. The van der Waals surface area contributed by atoms with Gasteiger partial charge in [-0.1, -0.05) is 72.8 Å². The van der Waals surface area contributed by atoms with Crippen molar-refractivity contribution in [3.05, 3.63) is 109 Å². The van der Waals surface area contributed by atoms with E-state index in [-0.39, 0.29) is 0 Å². The van der Waals surface area contributed by atoms with Gasteiger partial charge in [-0.3, -0.25) is 0 Å². The largest absolute Gasteiger partial charge is 0.494 e. The Labute approximate surface area is 239 Å². The topological polar surface area (TPSA) is 36.5 Å². The molecule has 0 unspecified atom stereocenters. The van der Waals surface area contributed by atoms with Gasteiger partial charge in [-0.05, 0) is 75.1 Å². The van der Waals surface area contributed by atoms with Crippen LogP contribution >= 0.6 is 0 Å². The molecule has 3 heterocycles. The third-order valence-corrected chi connectivity index (χ3v) is 9.05. The highest BCUT2D eigenvalue weighted by Gasteiger charge is 2.51. The number of rotatable bonds is 3. The Hall–Kier alpha value is -4.32. The summed E-state index contributed by atoms with van der Waals surface area (Å²) in [5.74, 6) is 0. The minimum absolute atomic E-state index is 0.393. The first kappa shape index (κ1) is 24.5. The van der Waals surface area contributed by atoms with Crippen LogP contribution in [0.25, 0.3) is 60.6 Å². The molecule has 0 spiro atoms. The highest BCUT2D eigenvalue weighted by Crippen LogP contribution is 2.40. The van der Waals surface area contributed by atoms with Crippen molar-refractivity contribution in [1.82, 2.24) is 4.57 Å². The molecule has 8 rings (SSSR count). The van der Waals surface area contributed by atoms with E-state index >= 15 is 0 Å². The number of hydrogen-bond acceptors (Lipinski definition) is 3. The Morgan fingerprint density at radius 3 is 2.10 bits per heavy atom. The van der Waals surface area contributed by atoms with Gasteiger partial charge < -0.3 is 18.3 Å². The van der Waals surface area contributed by atoms with Crippen LogP contribution in [0.2, 0.25) is 0 Å². The summed E-state index contributed by atoms with van der Waals surface area (Å²) >= 11 is 0. The number of hydrogen-bond donors (Lipinski definition) is 0. The zero-order valence-corrected chi connectivity index (χ0v) is 23.6. The van der Waals surface area contributed by atoms with E-state index in [1.54, 1.807) is 0 Å². The van der Waals surface area contributed by atoms with Crippen molar-refractivity contribution in [3.63, 3.8) is 0 Å². The fourth-order valence-electron chi connectivity index (χ4n) is 6.16. The second-order valence-electron chi connectivity index (χ2n) is 12.0. The highest BCUT2D eigenvalue weighted by atomic mass is 16.7. The smallest absolute Gasteiger partial charge is 0.455 e. The summed E-state index contributed by atoms with van der Waals surface area (Å²) in [5.41, 5.74) is 7.65. The first-order valence-corrected chi connectivity index (χ1v) is 14.2. The summed E-state index contributed by atoms with van der Waals surface area (Å²) in [5, 5.41) is 4.64. The van der Waals surface area contributed by atoms with Gasteiger partial charge in [0.2, 0.25) is 0 Å². The summed E-state index contributed by atoms with van der Waals surface area (Å²) in [6.07, 6.45) is 0. The SMILES string of the molecule is CC1(C)OB(c2ccc3c(c2)oc2c(-c4ccc5c(c4)c4ccccc4n5-c4ccccc4)cccc23)OC1(C)C. The number of benzene rings is 5. The van der Waals surface area contributed by atoms with Crippen LogP contribution in [0.15, 0.2) is 114 Å². The molecule has 0 bridgehead atoms. The molecule has 1 saturated heterocycles. The predicted octanol–water partition coefficient (Wildman–Crippen LogP) is 8.65. The third-order valence-electron chi connectivity index (χ3n) is 9.05. The van der Waals surface area contributed by atoms with Gasteiger partial charge in [-0.15, -0.1) is 0 Å². The molecule has 1 aliphatic heterocycles. The summed E-state index contributed by atoms with van der Waals surface area (Å²) in [7, 11) is -0.429. The van der Waals surface area contributed by atoms with Crippen LogP contribution in [0.1, 0.15) is 27.7 Å². The van der Waals surface area contributed by atoms with Crippen molar-refractivity contribution in [2.75, 3.05) is 0 Å². The maximum Gasteiger partial charge on any atom is 0.494 e. The molecule has 2 aromatic heterocycles. The molecule has 0 amide bonds. The standard InChI is InChI=1S/C36H30BNO3/c1-35(2)36(3,4)41-37(40-35)24-18-19-28-29-15-10-14-26(34(29)39-33(28)22-24)23-17-20-32-30(21-23)27-13-8-9-16-31(27)38(32)25-11-6-5-7-12-25/h5-22H,1-4H3. The zero-order chi connectivity index (χ0) is 27.9. The fraction of sp³-hybridized carbons (Fsp3) is 0.167. The van der Waals surface area contributed by atoms with E-state index in [4.69, 9.17) is 13.7 Å². The molecular weight excluding hydrogens is 505 g/mol. The second kappa shape index (κ2) is 8.59. The van der Waals surface area contributed by atoms with Gasteiger partial charge in [0.1, 0.15) is 11.2 Å². The van der Waals surface area contributed by atoms with E-state index in [1.807, 2.05) is 0 Å². The summed E-state index contributed by atoms with van der Waals surface area (Å²) < 4.78 is 21.6. The molecule has 0 aliphatic carbocycles. The molecule has 7 aromatic rings. The average molecular weight is 535 g/mol. The van der Waals surface area contributed by atoms with Crippen LogP contribution in [0.5, 0.6) is 0 Å². The third kappa shape index (κ3) is 3.63. The van der Waals surface area contributed by atoms with Crippen LogP contribution in [0.4, 0.5) is 0 Å². The number of furan rings is 1. The molecule has 4 nitrogen and oxygen atoms in total. The molecule has 41 heavy (non-hydrogen) atoms. The molecular formula is C36H30BNO3. The van der Waals surface area contributed by atoms with Gasteiger partial charge in [0, 0.05) is 32.8 Å². The van der Waals surface area contributed by atoms with E-state index in [9.17, 15) is 0 Å². The van der Waals surface area contributed by atoms with Gasteiger partial charge in [0.05, 0.1) is 22.2 Å². The second-order valence-corrected chi connectivity index (χ2v) is 12.0. The number of aromatic nitrogens is 1. The number of fused-ring (bicyclic) bond motifs is 6. The maximum absolute atomic E-state index is 6.60. The van der Waals surface area contributed by atoms with Gasteiger partial charge in [0.25, 0.3) is 0 Å². The minimum atomic E-state index is -0.429. The highest BCUT2D eigenvalue weighted by molar-refractivity contribution is 6.62. The average Bonchev–Trinajstić information content (AvgIpc) is 3.59. The van der Waals surface area contributed by atoms with Crippen molar-refractivity contribution in [2.24, 2.45) is 0 Å². The molecule has 0 radical (unpaired) electrons. The zero-order valence-electron chi connectivity index (χ0n) is 23.6. The molecule has 0 saturated carbocycles.